The van der Waals surface area contributed by atoms with Crippen LogP contribution >= 0.6 is 58.0 Å². The maximum absolute atomic E-state index is 12.9. The van der Waals surface area contributed by atoms with Crippen LogP contribution in [0.1, 0.15) is 177 Å². The predicted octanol–water partition coefficient (Wildman–Crippen LogP) is 20.4. The number of nitrogens with two attached hydrogens (primary N) is 2. The molecule has 7 aromatic heterocycles. The number of amidine groups is 2. The highest BCUT2D eigenvalue weighted by Crippen LogP contribution is 2.35. The van der Waals surface area contributed by atoms with Crippen molar-refractivity contribution in [3.8, 4) is 28.3 Å². The third-order valence-electron chi connectivity index (χ3n) is 23.4. The first kappa shape index (κ1) is 105. The van der Waals surface area contributed by atoms with Gasteiger partial charge in [-0.1, -0.05) is 205 Å². The molecule has 0 spiro atoms. The summed E-state index contributed by atoms with van der Waals surface area (Å²) in [4.78, 5) is 103. The fraction of sp³-hybridized carbons (Fsp3) is 0.211. The number of H-pyrrole nitrogens is 5. The minimum atomic E-state index is -0.807. The van der Waals surface area contributed by atoms with Gasteiger partial charge in [0.2, 0.25) is 17.7 Å². The number of carbonyl (C=O) groups excluding carboxylic acids is 5. The molecule has 3 unspecified atom stereocenters. The number of halogens is 5. The fourth-order valence-electron chi connectivity index (χ4n) is 15.6. The Morgan fingerprint density at radius 1 is 0.521 bits per heavy atom. The molecule has 3 atom stereocenters. The van der Waals surface area contributed by atoms with Gasteiger partial charge in [-0.05, 0) is 225 Å². The Labute approximate surface area is 848 Å². The molecule has 14 aromatic rings. The topological polar surface area (TPSA) is 411 Å². The molecule has 0 aliphatic heterocycles. The van der Waals surface area contributed by atoms with Crippen molar-refractivity contribution in [2.24, 2.45) is 21.5 Å². The highest BCUT2D eigenvalue weighted by molar-refractivity contribution is 6.32. The van der Waals surface area contributed by atoms with Crippen LogP contribution in [0.5, 0.6) is 5.75 Å². The van der Waals surface area contributed by atoms with Crippen molar-refractivity contribution >= 4 is 116 Å². The number of rotatable bonds is 33. The van der Waals surface area contributed by atoms with E-state index in [1.165, 1.54) is 5.56 Å². The number of imidazole rings is 3. The van der Waals surface area contributed by atoms with Gasteiger partial charge < -0.3 is 86.9 Å². The molecular formula is C109H112Cl5N19O9. The number of aliphatic imine (C=N–C) groups is 2. The van der Waals surface area contributed by atoms with E-state index in [9.17, 15) is 34.2 Å². The number of allylic oxidation sites excluding steroid dienone is 9. The first-order valence-electron chi connectivity index (χ1n) is 45.9. The minimum absolute atomic E-state index is 0.0496. The zero-order chi connectivity index (χ0) is 101. The van der Waals surface area contributed by atoms with Crippen LogP contribution < -0.4 is 42.8 Å². The average molecular weight is 2010 g/mol. The maximum Gasteiger partial charge on any atom is 0.269 e. The number of aromatic amines is 5. The van der Waals surface area contributed by atoms with E-state index in [4.69, 9.17) is 78.6 Å². The molecule has 5 amide bonds. The Bertz CT molecular complexity index is 6930. The summed E-state index contributed by atoms with van der Waals surface area (Å²) in [6.45, 7) is 17.3. The fourth-order valence-corrected chi connectivity index (χ4v) is 16.2. The van der Waals surface area contributed by atoms with Crippen LogP contribution in [0, 0.1) is 20.8 Å². The molecule has 0 radical (unpaired) electrons. The van der Waals surface area contributed by atoms with Crippen molar-refractivity contribution in [1.29, 1.82) is 0 Å². The van der Waals surface area contributed by atoms with Gasteiger partial charge in [-0.3, -0.25) is 33.9 Å². The SMILES string of the molecule is CC(N)=NC(NC(=O)c1ccc(-c2ccc(Cl)cc2)[nH]1)c1nc(CO)c(C)[nH]1.CC(N)=NCC(NC(=O)c1ccc(-c2ccc(Cl)cc2)[nH]1)c1nc(CO)c(C)[nH]1.CCN(CC)Cc1ccc(OC)c(CNC(=O)C2=CC=C(c3ccc(Cl)cc3)C2)c1.Cc1nccn1Cc1ccc(CNC(=O)C2=CC=C(c3ccc(Cl)cc3)C2)o1.O=C(NC(c1ccccc1)c1ccc[nH]1)C1=CC=C(c2ccc(Cl)cc2)C1. The zero-order valence-electron chi connectivity index (χ0n) is 79.6. The van der Waals surface area contributed by atoms with E-state index < -0.39 is 12.2 Å². The number of aliphatic hydroxyl groups is 2. The number of aliphatic hydroxyl groups excluding tert-OH is 2. The van der Waals surface area contributed by atoms with Crippen LogP contribution in [-0.4, -0.2) is 128 Å². The highest BCUT2D eigenvalue weighted by Gasteiger charge is 2.28. The quantitative estimate of drug-likeness (QED) is 0.0134. The minimum Gasteiger partial charge on any atom is -0.496 e. The van der Waals surface area contributed by atoms with Gasteiger partial charge in [0.05, 0.1) is 69.1 Å². The molecule has 0 fully saturated rings. The molecule has 142 heavy (non-hydrogen) atoms. The summed E-state index contributed by atoms with van der Waals surface area (Å²) >= 11 is 29.7. The predicted molar refractivity (Wildman–Crippen MR) is 563 cm³/mol. The van der Waals surface area contributed by atoms with E-state index in [-0.39, 0.29) is 55.3 Å². The van der Waals surface area contributed by atoms with E-state index in [0.29, 0.717) is 116 Å². The van der Waals surface area contributed by atoms with Crippen molar-refractivity contribution in [2.75, 3.05) is 26.7 Å². The Morgan fingerprint density at radius 3 is 1.46 bits per heavy atom. The van der Waals surface area contributed by atoms with Crippen molar-refractivity contribution in [3.63, 3.8) is 0 Å². The second kappa shape index (κ2) is 50.8. The first-order chi connectivity index (χ1) is 68.6. The molecule has 17 rings (SSSR count). The molecular weight excluding hydrogens is 1900 g/mol. The number of aryl methyl sites for hydroxylation is 3. The Kier molecular flexibility index (Phi) is 37.4. The summed E-state index contributed by atoms with van der Waals surface area (Å²) < 4.78 is 13.3. The number of hydrogen-bond acceptors (Lipinski definition) is 15. The number of amides is 5. The van der Waals surface area contributed by atoms with Gasteiger partial charge in [-0.2, -0.15) is 0 Å². The molecule has 732 valence electrons. The summed E-state index contributed by atoms with van der Waals surface area (Å²) in [5.41, 5.74) is 31.0. The second-order valence-electron chi connectivity index (χ2n) is 33.5. The summed E-state index contributed by atoms with van der Waals surface area (Å²) in [7, 11) is 1.66. The number of ether oxygens (including phenoxy) is 1. The lowest BCUT2D eigenvalue weighted by atomic mass is 10.0. The largest absolute Gasteiger partial charge is 0.496 e. The lowest BCUT2D eigenvalue weighted by Crippen LogP contribution is -2.32. The number of nitrogens with one attached hydrogen (secondary N) is 10. The maximum atomic E-state index is 12.9. The van der Waals surface area contributed by atoms with Gasteiger partial charge >= 0.3 is 0 Å². The Hall–Kier alpha value is -14.9. The van der Waals surface area contributed by atoms with Crippen LogP contribution in [0.3, 0.4) is 0 Å². The molecule has 16 N–H and O–H groups in total. The Balaban J connectivity index is 0.000000149. The lowest BCUT2D eigenvalue weighted by molar-refractivity contribution is -0.118. The zero-order valence-corrected chi connectivity index (χ0v) is 83.4. The van der Waals surface area contributed by atoms with Crippen molar-refractivity contribution < 1.29 is 43.3 Å². The molecule has 0 bridgehead atoms. The van der Waals surface area contributed by atoms with E-state index in [2.05, 4.69) is 107 Å². The molecule has 28 nitrogen and oxygen atoms in total. The van der Waals surface area contributed by atoms with Gasteiger partial charge in [0, 0.05) is 127 Å². The number of hydrogen-bond donors (Lipinski definition) is 14. The van der Waals surface area contributed by atoms with Gasteiger partial charge in [0.15, 0.2) is 12.0 Å². The molecule has 0 saturated carbocycles. The van der Waals surface area contributed by atoms with Crippen molar-refractivity contribution in [2.45, 2.75) is 125 Å². The smallest absolute Gasteiger partial charge is 0.269 e. The van der Waals surface area contributed by atoms with Crippen LogP contribution in [0.25, 0.3) is 39.2 Å². The number of carbonyl (C=O) groups is 5. The van der Waals surface area contributed by atoms with Crippen LogP contribution in [-0.2, 0) is 53.8 Å². The second-order valence-corrected chi connectivity index (χ2v) is 35.7. The van der Waals surface area contributed by atoms with Gasteiger partial charge in [-0.25, -0.2) is 19.9 Å². The molecule has 33 heteroatoms. The first-order valence-corrected chi connectivity index (χ1v) is 47.8. The lowest BCUT2D eigenvalue weighted by Gasteiger charge is -2.19. The van der Waals surface area contributed by atoms with E-state index in [0.717, 1.165) is 138 Å². The number of benzene rings is 7. The summed E-state index contributed by atoms with van der Waals surface area (Å²) in [6.07, 6.45) is 18.2. The standard InChI is InChI=1S/C25H29ClN2O2.C23H19ClN2O.C22H20ClN3O2.C20H23ClN6O2.C19H21ClN6O2/c1-4-28(5-2)17-18-6-13-24(30-3)22(14-18)16-27-25(29)21-8-7-20(15-21)19-9-11-23(26)12-10-19;24-20-12-10-16(11-13-20)18-8-9-19(15-18)23(27)26-22(21-7-4-14-25-21)17-5-2-1-3-6-17;1-15-24-10-11-26(15)14-21-9-8-20(28-21)13-25-22(27)18-3-2-17(12-18)16-4-6-19(23)7-5-16;1-11-18(10-28)26-19(24-11)17(9-23-12(2)22)27-20(29)16-8-7-15(25-16)13-3-5-14(21)6-4-13;1-10-16(9-27)25-17(22-10)18(23-11(2)21)26-19(28)15-8-7-14(24-15)12-3-5-13(20)6-4-12/h6-14H,4-5,15-17H2,1-3H3,(H,27,29);1-14,22,25H,15H2,(H,26,27);2-11H,12-14H2,1H3,(H,25,27);3-8,17,25,28H,9-10H2,1-2H3,(H2,22,23)(H,24,26)(H,27,29);3-8,18,24,27H,9H2,1-2H3,(H2,21,23)(H,22,25)(H,26,28). The summed E-state index contributed by atoms with van der Waals surface area (Å²) in [5.74, 6) is 4.02. The molecule has 7 aromatic carbocycles. The van der Waals surface area contributed by atoms with Gasteiger partial charge in [0.25, 0.3) is 11.8 Å². The van der Waals surface area contributed by atoms with Gasteiger partial charge in [0.1, 0.15) is 46.3 Å². The normalized spacial score (nSPS) is 13.3. The monoisotopic (exact) mass is 2010 g/mol. The van der Waals surface area contributed by atoms with E-state index in [1.807, 2.05) is 237 Å². The van der Waals surface area contributed by atoms with Crippen LogP contribution in [0.2, 0.25) is 25.1 Å². The van der Waals surface area contributed by atoms with Gasteiger partial charge in [-0.15, -0.1) is 0 Å². The molecule has 3 aliphatic rings. The van der Waals surface area contributed by atoms with Crippen molar-refractivity contribution in [1.82, 2.24) is 75.9 Å². The number of furan rings is 1. The molecule has 3 aliphatic carbocycles. The van der Waals surface area contributed by atoms with Crippen LogP contribution in [0.15, 0.2) is 305 Å². The van der Waals surface area contributed by atoms with E-state index >= 15 is 0 Å². The third-order valence-corrected chi connectivity index (χ3v) is 24.7. The van der Waals surface area contributed by atoms with E-state index in [1.54, 1.807) is 70.5 Å². The third kappa shape index (κ3) is 29.4. The van der Waals surface area contributed by atoms with Crippen molar-refractivity contribution in [3.05, 3.63) is 418 Å². The number of methoxy groups -OCH3 is 1. The summed E-state index contributed by atoms with van der Waals surface area (Å²) in [5, 5.41) is 37.0. The molecule has 0 saturated heterocycles. The van der Waals surface area contributed by atoms with Crippen LogP contribution in [0.4, 0.5) is 0 Å². The average Bonchev–Trinajstić information content (AvgIpc) is 1.67. The summed E-state index contributed by atoms with van der Waals surface area (Å²) in [6, 6.07) is 67.9. The number of nitrogens with zero attached hydrogens (tertiary/aromatic N) is 7. The Morgan fingerprint density at radius 2 is 1.00 bits per heavy atom. The highest BCUT2D eigenvalue weighted by atomic mass is 35.5. The number of aromatic nitrogens is 9. The molecule has 7 heterocycles.